The van der Waals surface area contributed by atoms with E-state index < -0.39 is 12.0 Å². The Morgan fingerprint density at radius 3 is 2.67 bits per heavy atom. The maximum Gasteiger partial charge on any atom is 0.320 e. The second-order valence-corrected chi connectivity index (χ2v) is 5.36. The summed E-state index contributed by atoms with van der Waals surface area (Å²) in [4.78, 5) is 10.5. The number of hydrogen-bond acceptors (Lipinski definition) is 3. The molecule has 0 spiro atoms. The van der Waals surface area contributed by atoms with E-state index in [0.717, 1.165) is 5.75 Å². The normalized spacial score (nSPS) is 13.1. The Labute approximate surface area is 108 Å². The summed E-state index contributed by atoms with van der Waals surface area (Å²) in [6.45, 7) is 6.70. The van der Waals surface area contributed by atoms with E-state index in [-0.39, 0.29) is 5.41 Å². The van der Waals surface area contributed by atoms with E-state index in [1.54, 1.807) is 0 Å². The molecule has 0 aliphatic rings. The van der Waals surface area contributed by atoms with Crippen molar-refractivity contribution < 1.29 is 14.6 Å². The molecule has 0 radical (unpaired) electrons. The van der Waals surface area contributed by atoms with Crippen molar-refractivity contribution in [1.29, 1.82) is 0 Å². The molecule has 0 heterocycles. The van der Waals surface area contributed by atoms with Gasteiger partial charge in [-0.15, -0.1) is 0 Å². The van der Waals surface area contributed by atoms with Gasteiger partial charge in [-0.05, 0) is 23.1 Å². The van der Waals surface area contributed by atoms with Crippen molar-refractivity contribution in [1.82, 2.24) is 0 Å². The number of rotatable bonds is 5. The lowest BCUT2D eigenvalue weighted by Gasteiger charge is -2.19. The van der Waals surface area contributed by atoms with Crippen LogP contribution >= 0.6 is 0 Å². The van der Waals surface area contributed by atoms with Crippen LogP contribution in [-0.2, 0) is 10.2 Å². The molecular formula is C14H21NO3. The van der Waals surface area contributed by atoms with E-state index >= 15 is 0 Å². The molecule has 0 bridgehead atoms. The average Bonchev–Trinajstić information content (AvgIpc) is 2.28. The number of ether oxygens (including phenoxy) is 1. The van der Waals surface area contributed by atoms with Crippen molar-refractivity contribution >= 4 is 5.97 Å². The van der Waals surface area contributed by atoms with Crippen molar-refractivity contribution in [3.63, 3.8) is 0 Å². The fourth-order valence-electron chi connectivity index (χ4n) is 1.48. The lowest BCUT2D eigenvalue weighted by Crippen LogP contribution is -2.31. The van der Waals surface area contributed by atoms with E-state index in [1.807, 2.05) is 18.2 Å². The maximum atomic E-state index is 10.5. The summed E-state index contributed by atoms with van der Waals surface area (Å²) >= 11 is 0. The molecule has 1 aromatic carbocycles. The molecule has 0 amide bonds. The Morgan fingerprint density at radius 2 is 2.11 bits per heavy atom. The summed E-state index contributed by atoms with van der Waals surface area (Å²) in [7, 11) is 0. The molecule has 1 rings (SSSR count). The van der Waals surface area contributed by atoms with Crippen LogP contribution in [-0.4, -0.2) is 23.7 Å². The molecule has 0 aliphatic carbocycles. The van der Waals surface area contributed by atoms with Gasteiger partial charge in [-0.2, -0.15) is 0 Å². The maximum absolute atomic E-state index is 10.5. The second-order valence-electron chi connectivity index (χ2n) is 5.36. The minimum absolute atomic E-state index is 0.0663. The van der Waals surface area contributed by atoms with Crippen LogP contribution in [0.2, 0.25) is 0 Å². The molecule has 4 heteroatoms. The van der Waals surface area contributed by atoms with Gasteiger partial charge in [0.25, 0.3) is 0 Å². The molecule has 1 atom stereocenters. The third-order valence-electron chi connectivity index (χ3n) is 2.71. The number of carboxylic acids is 1. The lowest BCUT2D eigenvalue weighted by molar-refractivity contribution is -0.138. The molecular weight excluding hydrogens is 230 g/mol. The van der Waals surface area contributed by atoms with E-state index in [2.05, 4.69) is 26.8 Å². The smallest absolute Gasteiger partial charge is 0.320 e. The topological polar surface area (TPSA) is 72.5 Å². The van der Waals surface area contributed by atoms with Gasteiger partial charge in [0, 0.05) is 6.42 Å². The molecule has 0 aliphatic heterocycles. The Bertz CT molecular complexity index is 410. The van der Waals surface area contributed by atoms with Crippen molar-refractivity contribution in [3.05, 3.63) is 29.8 Å². The molecule has 3 N–H and O–H groups in total. The molecule has 0 aromatic heterocycles. The first-order valence-electron chi connectivity index (χ1n) is 6.02. The first-order valence-corrected chi connectivity index (χ1v) is 6.02. The van der Waals surface area contributed by atoms with Crippen LogP contribution < -0.4 is 10.5 Å². The van der Waals surface area contributed by atoms with Gasteiger partial charge in [0.05, 0.1) is 6.61 Å². The van der Waals surface area contributed by atoms with Crippen molar-refractivity contribution in [2.45, 2.75) is 38.6 Å². The first-order chi connectivity index (χ1) is 8.30. The second kappa shape index (κ2) is 5.87. The molecule has 0 saturated carbocycles. The van der Waals surface area contributed by atoms with Crippen LogP contribution in [0.5, 0.6) is 5.75 Å². The lowest BCUT2D eigenvalue weighted by atomic mass is 9.87. The van der Waals surface area contributed by atoms with Crippen LogP contribution in [0.3, 0.4) is 0 Å². The van der Waals surface area contributed by atoms with Crippen LogP contribution in [0, 0.1) is 0 Å². The van der Waals surface area contributed by atoms with Gasteiger partial charge in [0.1, 0.15) is 11.8 Å². The number of carboxylic acid groups (broad SMARTS) is 1. The molecule has 18 heavy (non-hydrogen) atoms. The van der Waals surface area contributed by atoms with E-state index in [0.29, 0.717) is 13.0 Å². The highest BCUT2D eigenvalue weighted by atomic mass is 16.5. The molecule has 1 unspecified atom stereocenters. The van der Waals surface area contributed by atoms with Gasteiger partial charge in [-0.3, -0.25) is 4.79 Å². The minimum Gasteiger partial charge on any atom is -0.494 e. The van der Waals surface area contributed by atoms with E-state index in [4.69, 9.17) is 15.6 Å². The van der Waals surface area contributed by atoms with Crippen molar-refractivity contribution in [3.8, 4) is 5.75 Å². The van der Waals surface area contributed by atoms with Gasteiger partial charge in [0.2, 0.25) is 0 Å². The van der Waals surface area contributed by atoms with Crippen LogP contribution in [0.1, 0.15) is 32.8 Å². The van der Waals surface area contributed by atoms with Gasteiger partial charge in [-0.25, -0.2) is 0 Å². The predicted molar refractivity (Wildman–Crippen MR) is 70.9 cm³/mol. The number of benzene rings is 1. The fourth-order valence-corrected chi connectivity index (χ4v) is 1.48. The van der Waals surface area contributed by atoms with Crippen LogP contribution in [0.4, 0.5) is 0 Å². The highest BCUT2D eigenvalue weighted by Gasteiger charge is 2.14. The van der Waals surface area contributed by atoms with Gasteiger partial charge in [0.15, 0.2) is 0 Å². The van der Waals surface area contributed by atoms with Crippen molar-refractivity contribution in [2.24, 2.45) is 5.73 Å². The van der Waals surface area contributed by atoms with Gasteiger partial charge < -0.3 is 15.6 Å². The number of carbonyl (C=O) groups is 1. The monoisotopic (exact) mass is 251 g/mol. The summed E-state index contributed by atoms with van der Waals surface area (Å²) in [5.41, 5.74) is 6.65. The predicted octanol–water partition coefficient (Wildman–Crippen LogP) is 2.16. The summed E-state index contributed by atoms with van der Waals surface area (Å²) in [5, 5.41) is 8.65. The SMILES string of the molecule is CC(C)(C)c1cccc(OCCC(N)C(=O)O)c1. The van der Waals surface area contributed by atoms with Crippen LogP contribution in [0.15, 0.2) is 24.3 Å². The number of nitrogens with two attached hydrogens (primary N) is 1. The fraction of sp³-hybridized carbons (Fsp3) is 0.500. The summed E-state index contributed by atoms with van der Waals surface area (Å²) in [5.74, 6) is -0.248. The molecule has 0 saturated heterocycles. The molecule has 0 fully saturated rings. The summed E-state index contributed by atoms with van der Waals surface area (Å²) < 4.78 is 5.52. The Morgan fingerprint density at radius 1 is 1.44 bits per heavy atom. The Kier molecular flexibility index (Phi) is 4.73. The zero-order chi connectivity index (χ0) is 13.8. The zero-order valence-corrected chi connectivity index (χ0v) is 11.1. The van der Waals surface area contributed by atoms with Gasteiger partial charge >= 0.3 is 5.97 Å². The highest BCUT2D eigenvalue weighted by molar-refractivity contribution is 5.72. The molecule has 100 valence electrons. The Balaban J connectivity index is 2.56. The first kappa shape index (κ1) is 14.5. The Hall–Kier alpha value is -1.55. The number of hydrogen-bond donors (Lipinski definition) is 2. The number of aliphatic carboxylic acids is 1. The van der Waals surface area contributed by atoms with Gasteiger partial charge in [-0.1, -0.05) is 32.9 Å². The minimum atomic E-state index is -0.998. The quantitative estimate of drug-likeness (QED) is 0.841. The average molecular weight is 251 g/mol. The third kappa shape index (κ3) is 4.37. The third-order valence-corrected chi connectivity index (χ3v) is 2.71. The highest BCUT2D eigenvalue weighted by Crippen LogP contribution is 2.25. The standard InChI is InChI=1S/C14H21NO3/c1-14(2,3)10-5-4-6-11(9-10)18-8-7-12(15)13(16)17/h4-6,9,12H,7-8,15H2,1-3H3,(H,16,17). The zero-order valence-electron chi connectivity index (χ0n) is 11.1. The summed E-state index contributed by atoms with van der Waals surface area (Å²) in [6, 6.07) is 6.97. The van der Waals surface area contributed by atoms with Crippen molar-refractivity contribution in [2.75, 3.05) is 6.61 Å². The van der Waals surface area contributed by atoms with Crippen LogP contribution in [0.25, 0.3) is 0 Å². The summed E-state index contributed by atoms with van der Waals surface area (Å²) in [6.07, 6.45) is 0.301. The molecule has 4 nitrogen and oxygen atoms in total. The largest absolute Gasteiger partial charge is 0.494 e. The molecule has 1 aromatic rings. The van der Waals surface area contributed by atoms with E-state index in [9.17, 15) is 4.79 Å². The van der Waals surface area contributed by atoms with E-state index in [1.165, 1.54) is 5.56 Å².